The fourth-order valence-electron chi connectivity index (χ4n) is 2.44. The fourth-order valence-corrected chi connectivity index (χ4v) is 4.30. The van der Waals surface area contributed by atoms with Crippen molar-refractivity contribution in [1.82, 2.24) is 4.31 Å². The largest absolute Gasteiger partial charge is 0.324 e. The molecule has 0 N–H and O–H groups in total. The smallest absolute Gasteiger partial charge is 0.258 e. The Hall–Kier alpha value is -1.54. The van der Waals surface area contributed by atoms with E-state index in [0.717, 1.165) is 18.6 Å². The molecule has 0 aliphatic carbocycles. The molecule has 1 aliphatic rings. The van der Waals surface area contributed by atoms with Crippen LogP contribution in [0.2, 0.25) is 0 Å². The van der Waals surface area contributed by atoms with Gasteiger partial charge in [-0.3, -0.25) is 10.1 Å². The van der Waals surface area contributed by atoms with Crippen molar-refractivity contribution in [3.63, 3.8) is 0 Å². The molecule has 8 heteroatoms. The van der Waals surface area contributed by atoms with Crippen LogP contribution in [-0.4, -0.2) is 30.2 Å². The monoisotopic (exact) mass is 302 g/mol. The number of nitro benzene ring substituents is 1. The lowest BCUT2D eigenvalue weighted by molar-refractivity contribution is -0.390. The summed E-state index contributed by atoms with van der Waals surface area (Å²) in [6, 6.07) is 2.90. The number of benzene rings is 1. The lowest BCUT2D eigenvalue weighted by Gasteiger charge is -2.32. The predicted molar refractivity (Wildman–Crippen MR) is 70.3 cm³/mol. The summed E-state index contributed by atoms with van der Waals surface area (Å²) >= 11 is 0. The van der Waals surface area contributed by atoms with Crippen LogP contribution in [0.25, 0.3) is 0 Å². The van der Waals surface area contributed by atoms with Crippen molar-refractivity contribution < 1.29 is 17.7 Å². The number of nitro groups is 1. The van der Waals surface area contributed by atoms with E-state index in [1.54, 1.807) is 6.92 Å². The van der Waals surface area contributed by atoms with Gasteiger partial charge in [-0.2, -0.15) is 8.70 Å². The summed E-state index contributed by atoms with van der Waals surface area (Å²) in [5.41, 5.74) is -0.981. The van der Waals surface area contributed by atoms with Crippen LogP contribution < -0.4 is 0 Å². The number of halogens is 1. The van der Waals surface area contributed by atoms with Crippen LogP contribution in [0, 0.1) is 15.9 Å². The maximum atomic E-state index is 13.6. The molecule has 20 heavy (non-hydrogen) atoms. The van der Waals surface area contributed by atoms with E-state index in [1.165, 1.54) is 10.4 Å². The summed E-state index contributed by atoms with van der Waals surface area (Å²) in [6.07, 6.45) is 2.31. The fraction of sp³-hybridized carbons (Fsp3) is 0.500. The lowest BCUT2D eigenvalue weighted by Crippen LogP contribution is -2.42. The van der Waals surface area contributed by atoms with Crippen molar-refractivity contribution in [2.45, 2.75) is 37.1 Å². The van der Waals surface area contributed by atoms with E-state index >= 15 is 0 Å². The molecular weight excluding hydrogens is 287 g/mol. The van der Waals surface area contributed by atoms with Crippen molar-refractivity contribution in [2.75, 3.05) is 6.54 Å². The Balaban J connectivity index is 2.55. The van der Waals surface area contributed by atoms with E-state index in [9.17, 15) is 22.9 Å². The molecule has 1 heterocycles. The molecule has 1 fully saturated rings. The highest BCUT2D eigenvalue weighted by Crippen LogP contribution is 2.32. The van der Waals surface area contributed by atoms with Crippen LogP contribution in [0.3, 0.4) is 0 Å². The summed E-state index contributed by atoms with van der Waals surface area (Å²) in [5.74, 6) is -1.14. The highest BCUT2D eigenvalue weighted by molar-refractivity contribution is 7.89. The van der Waals surface area contributed by atoms with E-state index in [1.807, 2.05) is 0 Å². The number of hydrogen-bond donors (Lipinski definition) is 0. The first kappa shape index (κ1) is 14.9. The molecule has 1 unspecified atom stereocenters. The van der Waals surface area contributed by atoms with Gasteiger partial charge in [0.1, 0.15) is 0 Å². The molecule has 0 spiro atoms. The molecule has 110 valence electrons. The van der Waals surface area contributed by atoms with Gasteiger partial charge in [0.25, 0.3) is 0 Å². The molecule has 0 bridgehead atoms. The van der Waals surface area contributed by atoms with Gasteiger partial charge in [0.05, 0.1) is 4.92 Å². The van der Waals surface area contributed by atoms with Crippen molar-refractivity contribution in [3.05, 3.63) is 34.1 Å². The van der Waals surface area contributed by atoms with Gasteiger partial charge in [0.2, 0.25) is 15.8 Å². The molecule has 1 aromatic rings. The summed E-state index contributed by atoms with van der Waals surface area (Å²) in [5, 5.41) is 10.9. The molecule has 0 amide bonds. The van der Waals surface area contributed by atoms with Crippen LogP contribution in [0.15, 0.2) is 23.1 Å². The average Bonchev–Trinajstić information content (AvgIpc) is 2.38. The average molecular weight is 302 g/mol. The number of piperidine rings is 1. The Bertz CT molecular complexity index is 632. The standard InChI is InChI=1S/C12H15FN2O4S/c1-9-5-2-3-8-14(9)20(18,19)11-7-4-6-10(13)12(11)15(16)17/h4,6-7,9H,2-3,5,8H2,1H3. The van der Waals surface area contributed by atoms with Crippen molar-refractivity contribution >= 4 is 15.7 Å². The molecule has 1 atom stereocenters. The molecule has 0 radical (unpaired) electrons. The van der Waals surface area contributed by atoms with Gasteiger partial charge in [0.15, 0.2) is 4.90 Å². The number of para-hydroxylation sites is 1. The number of sulfonamides is 1. The normalized spacial score (nSPS) is 20.8. The Morgan fingerprint density at radius 1 is 1.40 bits per heavy atom. The minimum Gasteiger partial charge on any atom is -0.258 e. The Morgan fingerprint density at radius 2 is 2.10 bits per heavy atom. The Morgan fingerprint density at radius 3 is 2.70 bits per heavy atom. The first-order valence-electron chi connectivity index (χ1n) is 6.30. The SMILES string of the molecule is CC1CCCCN1S(=O)(=O)c1cccc(F)c1[N+](=O)[O-]. The molecule has 1 aliphatic heterocycles. The van der Waals surface area contributed by atoms with E-state index in [2.05, 4.69) is 0 Å². The van der Waals surface area contributed by atoms with E-state index < -0.39 is 31.3 Å². The minimum atomic E-state index is -4.06. The molecule has 1 saturated heterocycles. The van der Waals surface area contributed by atoms with Gasteiger partial charge in [-0.25, -0.2) is 8.42 Å². The van der Waals surface area contributed by atoms with Crippen molar-refractivity contribution in [1.29, 1.82) is 0 Å². The van der Waals surface area contributed by atoms with Crippen LogP contribution in [0.4, 0.5) is 10.1 Å². The highest BCUT2D eigenvalue weighted by Gasteiger charge is 2.37. The third-order valence-corrected chi connectivity index (χ3v) is 5.51. The van der Waals surface area contributed by atoms with Crippen LogP contribution in [0.5, 0.6) is 0 Å². The van der Waals surface area contributed by atoms with Crippen molar-refractivity contribution in [3.8, 4) is 0 Å². The second-order valence-corrected chi connectivity index (χ2v) is 6.66. The van der Waals surface area contributed by atoms with Gasteiger partial charge in [-0.1, -0.05) is 12.5 Å². The molecule has 6 nitrogen and oxygen atoms in total. The zero-order valence-electron chi connectivity index (χ0n) is 11.0. The molecule has 0 aromatic heterocycles. The van der Waals surface area contributed by atoms with E-state index in [4.69, 9.17) is 0 Å². The van der Waals surface area contributed by atoms with Crippen LogP contribution in [0.1, 0.15) is 26.2 Å². The zero-order valence-corrected chi connectivity index (χ0v) is 11.8. The Labute approximate surface area is 116 Å². The van der Waals surface area contributed by atoms with Gasteiger partial charge in [-0.15, -0.1) is 0 Å². The lowest BCUT2D eigenvalue weighted by atomic mass is 10.1. The van der Waals surface area contributed by atoms with Gasteiger partial charge in [0, 0.05) is 12.6 Å². The topological polar surface area (TPSA) is 80.5 Å². The second-order valence-electron chi connectivity index (χ2n) is 4.80. The van der Waals surface area contributed by atoms with Crippen molar-refractivity contribution in [2.24, 2.45) is 0 Å². The summed E-state index contributed by atoms with van der Waals surface area (Å²) < 4.78 is 39.9. The first-order chi connectivity index (χ1) is 9.35. The second kappa shape index (κ2) is 5.45. The summed E-state index contributed by atoms with van der Waals surface area (Å²) in [4.78, 5) is 9.37. The minimum absolute atomic E-state index is 0.239. The Kier molecular flexibility index (Phi) is 4.05. The molecule has 0 saturated carbocycles. The van der Waals surface area contributed by atoms with Gasteiger partial charge >= 0.3 is 5.69 Å². The van der Waals surface area contributed by atoms with E-state index in [-0.39, 0.29) is 6.04 Å². The van der Waals surface area contributed by atoms with Gasteiger partial charge in [-0.05, 0) is 31.9 Å². The third kappa shape index (κ3) is 2.53. The molecule has 1 aromatic carbocycles. The zero-order chi connectivity index (χ0) is 14.9. The highest BCUT2D eigenvalue weighted by atomic mass is 32.2. The number of nitrogens with zero attached hydrogens (tertiary/aromatic N) is 2. The maximum Gasteiger partial charge on any atom is 0.324 e. The number of rotatable bonds is 3. The van der Waals surface area contributed by atoms with Crippen LogP contribution in [-0.2, 0) is 10.0 Å². The molecule has 2 rings (SSSR count). The van der Waals surface area contributed by atoms with E-state index in [0.29, 0.717) is 19.4 Å². The summed E-state index contributed by atoms with van der Waals surface area (Å²) in [7, 11) is -4.06. The quantitative estimate of drug-likeness (QED) is 0.634. The molecular formula is C12H15FN2O4S. The van der Waals surface area contributed by atoms with Crippen LogP contribution >= 0.6 is 0 Å². The predicted octanol–water partition coefficient (Wildman–Crippen LogP) is 2.30. The number of hydrogen-bond acceptors (Lipinski definition) is 4. The first-order valence-corrected chi connectivity index (χ1v) is 7.74. The third-order valence-electron chi connectivity index (χ3n) is 3.46. The van der Waals surface area contributed by atoms with Gasteiger partial charge < -0.3 is 0 Å². The maximum absolute atomic E-state index is 13.6. The summed E-state index contributed by atoms with van der Waals surface area (Å²) in [6.45, 7) is 2.05.